The van der Waals surface area contributed by atoms with E-state index in [0.717, 1.165) is 48.7 Å². The quantitative estimate of drug-likeness (QED) is 0.798. The molecule has 2 aromatic rings. The number of carbonyl (C=O) groups excluding carboxylic acids is 1. The number of amides is 1. The van der Waals surface area contributed by atoms with Crippen molar-refractivity contribution < 1.29 is 14.3 Å². The number of fused-ring (bicyclic) bond motifs is 1. The number of hydrogen-bond acceptors (Lipinski definition) is 4. The molecule has 0 radical (unpaired) electrons. The van der Waals surface area contributed by atoms with Crippen LogP contribution in [0.1, 0.15) is 30.0 Å². The molecule has 1 atom stereocenters. The van der Waals surface area contributed by atoms with E-state index >= 15 is 0 Å². The number of rotatable bonds is 7. The van der Waals surface area contributed by atoms with Gasteiger partial charge in [-0.2, -0.15) is 0 Å². The topological polar surface area (TPSA) is 50.8 Å². The van der Waals surface area contributed by atoms with Gasteiger partial charge < -0.3 is 14.8 Å². The third-order valence-electron chi connectivity index (χ3n) is 5.07. The van der Waals surface area contributed by atoms with E-state index in [1.807, 2.05) is 43.3 Å². The number of ether oxygens (including phenoxy) is 2. The maximum atomic E-state index is 12.3. The first-order valence-electron chi connectivity index (χ1n) is 9.95. The zero-order valence-corrected chi connectivity index (χ0v) is 17.0. The van der Waals surface area contributed by atoms with Crippen molar-refractivity contribution in [2.45, 2.75) is 39.3 Å². The van der Waals surface area contributed by atoms with Crippen LogP contribution in [-0.4, -0.2) is 43.7 Å². The second kappa shape index (κ2) is 9.60. The number of nitrogens with zero attached hydrogens (tertiary/aromatic N) is 1. The smallest absolute Gasteiger partial charge is 0.224 e. The van der Waals surface area contributed by atoms with Crippen LogP contribution in [0.15, 0.2) is 42.5 Å². The number of hydrogen-bond donors (Lipinski definition) is 1. The second-order valence-electron chi connectivity index (χ2n) is 7.37. The minimum absolute atomic E-state index is 0.0609. The van der Waals surface area contributed by atoms with Crippen molar-refractivity contribution in [3.63, 3.8) is 0 Å². The average Bonchev–Trinajstić information content (AvgIpc) is 2.86. The highest BCUT2D eigenvalue weighted by Gasteiger charge is 2.22. The Kier molecular flexibility index (Phi) is 6.93. The van der Waals surface area contributed by atoms with Crippen molar-refractivity contribution in [1.29, 1.82) is 0 Å². The van der Waals surface area contributed by atoms with Gasteiger partial charge in [-0.1, -0.05) is 36.8 Å². The summed E-state index contributed by atoms with van der Waals surface area (Å²) in [6.45, 7) is 7.23. The van der Waals surface area contributed by atoms with E-state index in [-0.39, 0.29) is 12.0 Å². The van der Waals surface area contributed by atoms with Crippen LogP contribution in [0.4, 0.5) is 0 Å². The monoisotopic (exact) mass is 382 g/mol. The summed E-state index contributed by atoms with van der Waals surface area (Å²) in [6.07, 6.45) is 1.52. The molecule has 0 aromatic heterocycles. The van der Waals surface area contributed by atoms with E-state index in [4.69, 9.17) is 9.47 Å². The van der Waals surface area contributed by atoms with E-state index in [1.54, 1.807) is 7.11 Å². The summed E-state index contributed by atoms with van der Waals surface area (Å²) >= 11 is 0. The van der Waals surface area contributed by atoms with E-state index < -0.39 is 0 Å². The Morgan fingerprint density at radius 3 is 2.89 bits per heavy atom. The Hall–Kier alpha value is -2.53. The van der Waals surface area contributed by atoms with Crippen LogP contribution < -0.4 is 14.8 Å². The second-order valence-corrected chi connectivity index (χ2v) is 7.37. The van der Waals surface area contributed by atoms with Gasteiger partial charge in [0.1, 0.15) is 17.6 Å². The largest absolute Gasteiger partial charge is 0.497 e. The van der Waals surface area contributed by atoms with Crippen molar-refractivity contribution in [3.8, 4) is 11.5 Å². The first-order valence-corrected chi connectivity index (χ1v) is 9.95. The Morgan fingerprint density at radius 2 is 2.14 bits per heavy atom. The average molecular weight is 383 g/mol. The summed E-state index contributed by atoms with van der Waals surface area (Å²) in [4.78, 5) is 14.6. The molecule has 1 N–H and O–H groups in total. The first kappa shape index (κ1) is 20.2. The number of nitrogens with one attached hydrogen (secondary N) is 1. The molecule has 1 aliphatic rings. The summed E-state index contributed by atoms with van der Waals surface area (Å²) in [5.74, 6) is 1.83. The van der Waals surface area contributed by atoms with Gasteiger partial charge in [0.15, 0.2) is 0 Å². The van der Waals surface area contributed by atoms with Crippen LogP contribution in [0.2, 0.25) is 0 Å². The molecule has 150 valence electrons. The minimum atomic E-state index is 0.0609. The molecule has 0 bridgehead atoms. The Labute approximate surface area is 167 Å². The van der Waals surface area contributed by atoms with Gasteiger partial charge in [0.25, 0.3) is 0 Å². The van der Waals surface area contributed by atoms with Crippen LogP contribution in [0.25, 0.3) is 0 Å². The molecule has 1 amide bonds. The van der Waals surface area contributed by atoms with Crippen LogP contribution in [0, 0.1) is 6.92 Å². The number of carbonyl (C=O) groups is 1. The highest BCUT2D eigenvalue weighted by molar-refractivity contribution is 5.78. The van der Waals surface area contributed by atoms with Crippen LogP contribution in [-0.2, 0) is 17.8 Å². The minimum Gasteiger partial charge on any atom is -0.497 e. The van der Waals surface area contributed by atoms with E-state index in [9.17, 15) is 4.79 Å². The van der Waals surface area contributed by atoms with Gasteiger partial charge in [0.05, 0.1) is 13.5 Å². The molecule has 28 heavy (non-hydrogen) atoms. The van der Waals surface area contributed by atoms with Crippen molar-refractivity contribution in [2.24, 2.45) is 0 Å². The Balaban J connectivity index is 1.56. The molecule has 2 aromatic carbocycles. The lowest BCUT2D eigenvalue weighted by Crippen LogP contribution is -2.38. The maximum Gasteiger partial charge on any atom is 0.224 e. The first-order chi connectivity index (χ1) is 13.6. The zero-order valence-electron chi connectivity index (χ0n) is 17.0. The number of benzene rings is 2. The molecular weight excluding hydrogens is 352 g/mol. The predicted molar refractivity (Wildman–Crippen MR) is 111 cm³/mol. The molecule has 1 aliphatic heterocycles. The van der Waals surface area contributed by atoms with E-state index in [2.05, 4.69) is 23.2 Å². The fourth-order valence-corrected chi connectivity index (χ4v) is 3.54. The van der Waals surface area contributed by atoms with Gasteiger partial charge in [-0.05, 0) is 37.1 Å². The lowest BCUT2D eigenvalue weighted by atomic mass is 10.1. The van der Waals surface area contributed by atoms with Gasteiger partial charge in [-0.25, -0.2) is 0 Å². The van der Waals surface area contributed by atoms with Crippen molar-refractivity contribution in [1.82, 2.24) is 10.2 Å². The van der Waals surface area contributed by atoms with Gasteiger partial charge in [-0.3, -0.25) is 9.69 Å². The van der Waals surface area contributed by atoms with Gasteiger partial charge in [0, 0.05) is 31.7 Å². The standard InChI is InChI=1S/C23H30N2O3/c1-4-20-16-25(15-19-14-21(27-3)8-9-22(19)28-20)11-10-24-23(26)13-18-7-5-6-17(2)12-18/h5-9,12,14,20H,4,10-11,13,15-16H2,1-3H3,(H,24,26)/t20-/m0/s1. The number of methoxy groups -OCH3 is 1. The third kappa shape index (κ3) is 5.49. The summed E-state index contributed by atoms with van der Waals surface area (Å²) in [5.41, 5.74) is 3.35. The zero-order chi connectivity index (χ0) is 19.9. The summed E-state index contributed by atoms with van der Waals surface area (Å²) in [5, 5.41) is 3.05. The normalized spacial score (nSPS) is 16.6. The van der Waals surface area contributed by atoms with Crippen molar-refractivity contribution in [3.05, 3.63) is 59.2 Å². The molecule has 0 saturated heterocycles. The SMILES string of the molecule is CC[C@H]1CN(CCNC(=O)Cc2cccc(C)c2)Cc2cc(OC)ccc2O1. The molecule has 1 heterocycles. The summed E-state index contributed by atoms with van der Waals surface area (Å²) in [6, 6.07) is 14.1. The molecule has 0 fully saturated rings. The lowest BCUT2D eigenvalue weighted by molar-refractivity contribution is -0.120. The molecule has 0 saturated carbocycles. The fraction of sp³-hybridized carbons (Fsp3) is 0.435. The van der Waals surface area contributed by atoms with Crippen LogP contribution >= 0.6 is 0 Å². The molecule has 0 aliphatic carbocycles. The molecular formula is C23H30N2O3. The molecule has 0 spiro atoms. The fourth-order valence-electron chi connectivity index (χ4n) is 3.54. The maximum absolute atomic E-state index is 12.3. The van der Waals surface area contributed by atoms with Crippen LogP contribution in [0.5, 0.6) is 11.5 Å². The summed E-state index contributed by atoms with van der Waals surface area (Å²) in [7, 11) is 1.68. The number of aryl methyl sites for hydroxylation is 1. The van der Waals surface area contributed by atoms with E-state index in [0.29, 0.717) is 13.0 Å². The predicted octanol–water partition coefficient (Wildman–Crippen LogP) is 3.34. The third-order valence-corrected chi connectivity index (χ3v) is 5.07. The molecule has 5 heteroatoms. The van der Waals surface area contributed by atoms with E-state index in [1.165, 1.54) is 5.56 Å². The van der Waals surface area contributed by atoms with Gasteiger partial charge in [0.2, 0.25) is 5.91 Å². The van der Waals surface area contributed by atoms with Gasteiger partial charge in [-0.15, -0.1) is 0 Å². The highest BCUT2D eigenvalue weighted by atomic mass is 16.5. The Bertz CT molecular complexity index is 806. The van der Waals surface area contributed by atoms with Gasteiger partial charge >= 0.3 is 0 Å². The van der Waals surface area contributed by atoms with Crippen molar-refractivity contribution in [2.75, 3.05) is 26.7 Å². The lowest BCUT2D eigenvalue weighted by Gasteiger charge is -2.23. The Morgan fingerprint density at radius 1 is 1.29 bits per heavy atom. The molecule has 0 unspecified atom stereocenters. The van der Waals surface area contributed by atoms with Crippen LogP contribution in [0.3, 0.4) is 0 Å². The molecule has 3 rings (SSSR count). The van der Waals surface area contributed by atoms with Crippen molar-refractivity contribution >= 4 is 5.91 Å². The summed E-state index contributed by atoms with van der Waals surface area (Å²) < 4.78 is 11.5. The highest BCUT2D eigenvalue weighted by Crippen LogP contribution is 2.29. The molecule has 5 nitrogen and oxygen atoms in total.